The lowest BCUT2D eigenvalue weighted by atomic mass is 9.90. The van der Waals surface area contributed by atoms with Gasteiger partial charge >= 0.3 is 0 Å². The summed E-state index contributed by atoms with van der Waals surface area (Å²) in [7, 11) is 0. The molecule has 0 bridgehead atoms. The van der Waals surface area contributed by atoms with E-state index in [1.165, 1.54) is 0 Å². The molecule has 0 radical (unpaired) electrons. The lowest BCUT2D eigenvalue weighted by Gasteiger charge is -2.57. The molecule has 1 fully saturated rings. The van der Waals surface area contributed by atoms with Crippen molar-refractivity contribution in [1.29, 1.82) is 0 Å². The van der Waals surface area contributed by atoms with E-state index in [0.29, 0.717) is 6.54 Å². The van der Waals surface area contributed by atoms with Crippen LogP contribution >= 0.6 is 25.3 Å². The Kier molecular flexibility index (Phi) is 6.91. The Labute approximate surface area is 141 Å². The first-order valence-electron chi connectivity index (χ1n) is 7.75. The zero-order valence-corrected chi connectivity index (χ0v) is 16.0. The van der Waals surface area contributed by atoms with E-state index in [4.69, 9.17) is 35.7 Å². The highest BCUT2D eigenvalue weighted by atomic mass is 32.1. The second kappa shape index (κ2) is 7.41. The minimum absolute atomic E-state index is 0.0816. The Bertz CT molecular complexity index is 322. The summed E-state index contributed by atoms with van der Waals surface area (Å²) >= 11 is 9.67. The summed E-state index contributed by atoms with van der Waals surface area (Å²) < 4.78 is 5.25. The van der Waals surface area contributed by atoms with Crippen LogP contribution in [0.15, 0.2) is 0 Å². The van der Waals surface area contributed by atoms with Gasteiger partial charge in [-0.2, -0.15) is 25.3 Å². The van der Waals surface area contributed by atoms with Crippen LogP contribution in [0.2, 0.25) is 0 Å². The average molecular weight is 336 g/mol. The van der Waals surface area contributed by atoms with Crippen LogP contribution in [-0.4, -0.2) is 70.9 Å². The fourth-order valence-electron chi connectivity index (χ4n) is 3.05. The van der Waals surface area contributed by atoms with Crippen molar-refractivity contribution in [1.82, 2.24) is 9.80 Å². The second-order valence-corrected chi connectivity index (χ2v) is 9.53. The van der Waals surface area contributed by atoms with Gasteiger partial charge in [0.25, 0.3) is 0 Å². The highest BCUT2D eigenvalue weighted by molar-refractivity contribution is 7.82. The van der Waals surface area contributed by atoms with Gasteiger partial charge in [0.2, 0.25) is 0 Å². The highest BCUT2D eigenvalue weighted by Gasteiger charge is 2.48. The lowest BCUT2D eigenvalue weighted by Crippen LogP contribution is -2.71. The van der Waals surface area contributed by atoms with Crippen LogP contribution in [0.5, 0.6) is 0 Å². The molecule has 0 aromatic heterocycles. The van der Waals surface area contributed by atoms with Gasteiger partial charge in [-0.25, -0.2) is 0 Å². The van der Waals surface area contributed by atoms with E-state index in [1.807, 2.05) is 0 Å². The third-order valence-corrected chi connectivity index (χ3v) is 4.94. The normalized spacial score (nSPS) is 21.6. The van der Waals surface area contributed by atoms with Crippen molar-refractivity contribution in [3.8, 4) is 0 Å². The van der Waals surface area contributed by atoms with Crippen LogP contribution in [0.4, 0.5) is 0 Å². The molecule has 1 rings (SSSR count). The molecule has 1 unspecified atom stereocenters. The minimum Gasteiger partial charge on any atom is -0.379 e. The third kappa shape index (κ3) is 5.01. The fraction of sp³-hybridized carbons (Fsp3) is 1.00. The first kappa shape index (κ1) is 19.6. The van der Waals surface area contributed by atoms with Crippen molar-refractivity contribution >= 4 is 25.3 Å². The summed E-state index contributed by atoms with van der Waals surface area (Å²) in [6.45, 7) is 16.7. The van der Waals surface area contributed by atoms with Crippen molar-refractivity contribution in [3.05, 3.63) is 0 Å². The smallest absolute Gasteiger partial charge is 0.0853 e. The number of nitrogens with two attached hydrogens (primary N) is 1. The van der Waals surface area contributed by atoms with Gasteiger partial charge in [0.1, 0.15) is 0 Å². The van der Waals surface area contributed by atoms with Gasteiger partial charge in [0.05, 0.1) is 18.9 Å². The van der Waals surface area contributed by atoms with Gasteiger partial charge in [-0.3, -0.25) is 9.80 Å². The molecule has 126 valence electrons. The van der Waals surface area contributed by atoms with E-state index in [2.05, 4.69) is 44.4 Å². The number of nitrogens with zero attached hydrogens (tertiary/aromatic N) is 2. The van der Waals surface area contributed by atoms with Gasteiger partial charge in [0.15, 0.2) is 0 Å². The number of ether oxygens (including phenoxy) is 1. The van der Waals surface area contributed by atoms with Crippen LogP contribution in [0.1, 0.15) is 34.6 Å². The van der Waals surface area contributed by atoms with Crippen LogP contribution < -0.4 is 5.73 Å². The zero-order chi connectivity index (χ0) is 16.3. The average Bonchev–Trinajstić information content (AvgIpc) is 2.35. The summed E-state index contributed by atoms with van der Waals surface area (Å²) in [5.41, 5.74) is 5.69. The van der Waals surface area contributed by atoms with Gasteiger partial charge in [-0.1, -0.05) is 0 Å². The first-order valence-corrected chi connectivity index (χ1v) is 8.64. The molecule has 0 saturated carbocycles. The van der Waals surface area contributed by atoms with Crippen LogP contribution in [-0.2, 0) is 4.74 Å². The van der Waals surface area contributed by atoms with E-state index < -0.39 is 0 Å². The molecule has 1 aliphatic rings. The molecule has 21 heavy (non-hydrogen) atoms. The Morgan fingerprint density at radius 3 is 2.00 bits per heavy atom. The molecular weight excluding hydrogens is 302 g/mol. The maximum Gasteiger partial charge on any atom is 0.0853 e. The molecule has 2 N–H and O–H groups in total. The van der Waals surface area contributed by atoms with E-state index in [-0.39, 0.29) is 15.2 Å². The van der Waals surface area contributed by atoms with Gasteiger partial charge in [-0.05, 0) is 34.6 Å². The first-order chi connectivity index (χ1) is 9.52. The Morgan fingerprint density at radius 2 is 1.62 bits per heavy atom. The van der Waals surface area contributed by atoms with Crippen LogP contribution in [0.3, 0.4) is 0 Å². The molecule has 0 aromatic carbocycles. The molecule has 0 aromatic rings. The van der Waals surface area contributed by atoms with Crippen LogP contribution in [0.25, 0.3) is 0 Å². The number of rotatable bonds is 7. The number of thiol groups is 2. The van der Waals surface area contributed by atoms with Crippen molar-refractivity contribution in [2.24, 2.45) is 5.73 Å². The lowest BCUT2D eigenvalue weighted by molar-refractivity contribution is -0.107. The van der Waals surface area contributed by atoms with Crippen molar-refractivity contribution < 1.29 is 4.74 Å². The number of morpholine rings is 1. The molecule has 1 heterocycles. The Morgan fingerprint density at radius 1 is 1.10 bits per heavy atom. The fourth-order valence-corrected chi connectivity index (χ4v) is 3.50. The molecule has 1 aliphatic heterocycles. The number of hydrogen-bond acceptors (Lipinski definition) is 6. The summed E-state index contributed by atoms with van der Waals surface area (Å²) in [4.78, 5) is 4.93. The van der Waals surface area contributed by atoms with Crippen molar-refractivity contribution in [2.75, 3.05) is 45.9 Å². The van der Waals surface area contributed by atoms with E-state index >= 15 is 0 Å². The maximum atomic E-state index is 5.88. The predicted molar refractivity (Wildman–Crippen MR) is 97.6 cm³/mol. The van der Waals surface area contributed by atoms with E-state index in [0.717, 1.165) is 39.4 Å². The molecule has 4 nitrogen and oxygen atoms in total. The van der Waals surface area contributed by atoms with Gasteiger partial charge < -0.3 is 10.5 Å². The second-order valence-electron chi connectivity index (χ2n) is 7.20. The summed E-state index contributed by atoms with van der Waals surface area (Å²) in [6, 6.07) is 0. The van der Waals surface area contributed by atoms with Crippen molar-refractivity contribution in [3.63, 3.8) is 0 Å². The minimum atomic E-state index is -0.196. The summed E-state index contributed by atoms with van der Waals surface area (Å²) in [5, 5.41) is 0. The topological polar surface area (TPSA) is 41.7 Å². The van der Waals surface area contributed by atoms with Gasteiger partial charge in [-0.15, -0.1) is 0 Å². The van der Waals surface area contributed by atoms with Crippen LogP contribution in [0, 0.1) is 0 Å². The standard InChI is InChI=1S/C15H33N3OS2/c1-13(2,20)12-18(7-6-16)15(5,14(3,4)21)17-8-10-19-11-9-17/h20-21H,6-12,16H2,1-5H3. The predicted octanol–water partition coefficient (Wildman–Crippen LogP) is 1.71. The highest BCUT2D eigenvalue weighted by Crippen LogP contribution is 2.38. The van der Waals surface area contributed by atoms with E-state index in [9.17, 15) is 0 Å². The molecular formula is C15H33N3OS2. The molecule has 0 amide bonds. The molecule has 1 atom stereocenters. The largest absolute Gasteiger partial charge is 0.379 e. The SMILES string of the molecule is CC(C)(S)CN(CCN)C(C)(N1CCOCC1)C(C)(C)S. The summed E-state index contributed by atoms with van der Waals surface area (Å²) in [6.07, 6.45) is 0. The Balaban J connectivity index is 3.12. The molecule has 0 spiro atoms. The number of hydrogen-bond donors (Lipinski definition) is 3. The molecule has 1 saturated heterocycles. The monoisotopic (exact) mass is 335 g/mol. The molecule has 6 heteroatoms. The molecule has 0 aliphatic carbocycles. The van der Waals surface area contributed by atoms with Crippen molar-refractivity contribution in [2.45, 2.75) is 49.8 Å². The van der Waals surface area contributed by atoms with Gasteiger partial charge in [0, 0.05) is 42.2 Å². The third-order valence-electron chi connectivity index (χ3n) is 4.38. The Hall–Kier alpha value is 0.540. The quantitative estimate of drug-likeness (QED) is 0.620. The zero-order valence-electron chi connectivity index (χ0n) is 14.2. The maximum absolute atomic E-state index is 5.88. The summed E-state index contributed by atoms with van der Waals surface area (Å²) in [5.74, 6) is 0. The van der Waals surface area contributed by atoms with E-state index in [1.54, 1.807) is 0 Å².